The Hall–Kier alpha value is -2.04. The van der Waals surface area contributed by atoms with Crippen LogP contribution in [0, 0.1) is 0 Å². The van der Waals surface area contributed by atoms with E-state index in [1.54, 1.807) is 0 Å². The summed E-state index contributed by atoms with van der Waals surface area (Å²) in [5, 5.41) is 8.85. The van der Waals surface area contributed by atoms with Gasteiger partial charge < -0.3 is 25.2 Å². The van der Waals surface area contributed by atoms with Crippen LogP contribution in [0.5, 0.6) is 0 Å². The topological polar surface area (TPSA) is 172 Å². The van der Waals surface area contributed by atoms with Gasteiger partial charge >= 0.3 is 25.7 Å². The maximum atomic E-state index is 12.6. The number of ether oxygens (including phenoxy) is 2. The van der Waals surface area contributed by atoms with Crippen molar-refractivity contribution in [3.63, 3.8) is 0 Å². The number of rotatable bonds is 36. The SMILES string of the molecule is CCCCC/C=C\C/C=C\CCCCCCCC(=O)O[C@H](COC(=O)CCCCCCCCCCCCC)COP(=O)(O)OC[C@H](N)C(=O)O. The van der Waals surface area contributed by atoms with Gasteiger partial charge in [-0.05, 0) is 44.9 Å². The van der Waals surface area contributed by atoms with E-state index in [2.05, 4.69) is 42.7 Å². The van der Waals surface area contributed by atoms with Crippen LogP contribution in [0.1, 0.15) is 168 Å². The number of carbonyl (C=O) groups excluding carboxylic acids is 2. The van der Waals surface area contributed by atoms with Gasteiger partial charge in [-0.15, -0.1) is 0 Å². The Morgan fingerprint density at radius 3 is 1.60 bits per heavy atom. The summed E-state index contributed by atoms with van der Waals surface area (Å²) in [7, 11) is -4.71. The van der Waals surface area contributed by atoms with Gasteiger partial charge in [-0.1, -0.05) is 134 Å². The molecule has 0 rings (SSSR count). The van der Waals surface area contributed by atoms with E-state index in [0.29, 0.717) is 12.8 Å². The van der Waals surface area contributed by atoms with Crippen molar-refractivity contribution >= 4 is 25.7 Å². The number of phosphoric ester groups is 1. The lowest BCUT2D eigenvalue weighted by Crippen LogP contribution is -2.34. The molecule has 0 aromatic heterocycles. The van der Waals surface area contributed by atoms with Crippen molar-refractivity contribution in [2.24, 2.45) is 5.73 Å². The molecule has 0 radical (unpaired) electrons. The van der Waals surface area contributed by atoms with Crippen molar-refractivity contribution in [1.82, 2.24) is 0 Å². The van der Waals surface area contributed by atoms with Gasteiger partial charge in [0.15, 0.2) is 6.10 Å². The van der Waals surface area contributed by atoms with E-state index in [0.717, 1.165) is 64.2 Å². The zero-order valence-electron chi connectivity index (χ0n) is 31.2. The molecule has 4 N–H and O–H groups in total. The van der Waals surface area contributed by atoms with Gasteiger partial charge in [0, 0.05) is 12.8 Å². The second kappa shape index (κ2) is 34.1. The zero-order valence-corrected chi connectivity index (χ0v) is 32.1. The van der Waals surface area contributed by atoms with Crippen molar-refractivity contribution in [2.75, 3.05) is 19.8 Å². The fraction of sp³-hybridized carbons (Fsp3) is 0.816. The van der Waals surface area contributed by atoms with Crippen molar-refractivity contribution in [3.8, 4) is 0 Å². The van der Waals surface area contributed by atoms with E-state index >= 15 is 0 Å². The average molecular weight is 732 g/mol. The van der Waals surface area contributed by atoms with Crippen LogP contribution in [0.25, 0.3) is 0 Å². The van der Waals surface area contributed by atoms with Gasteiger partial charge in [0.2, 0.25) is 0 Å². The number of carboxylic acid groups (broad SMARTS) is 1. The van der Waals surface area contributed by atoms with Crippen LogP contribution in [0.2, 0.25) is 0 Å². The Morgan fingerprint density at radius 1 is 0.620 bits per heavy atom. The number of allylic oxidation sites excluding steroid dienone is 4. The second-order valence-electron chi connectivity index (χ2n) is 13.1. The third kappa shape index (κ3) is 33.1. The molecule has 0 aliphatic carbocycles. The van der Waals surface area contributed by atoms with E-state index in [1.807, 2.05) is 0 Å². The molecule has 0 saturated heterocycles. The molecule has 12 heteroatoms. The first-order chi connectivity index (χ1) is 24.1. The van der Waals surface area contributed by atoms with E-state index in [4.69, 9.17) is 24.8 Å². The van der Waals surface area contributed by atoms with Crippen LogP contribution >= 0.6 is 7.82 Å². The highest BCUT2D eigenvalue weighted by atomic mass is 31.2. The molecular weight excluding hydrogens is 661 g/mol. The molecule has 11 nitrogen and oxygen atoms in total. The Balaban J connectivity index is 4.46. The predicted octanol–water partition coefficient (Wildman–Crippen LogP) is 9.50. The Kier molecular flexibility index (Phi) is 32.7. The zero-order chi connectivity index (χ0) is 37.1. The second-order valence-corrected chi connectivity index (χ2v) is 14.5. The number of nitrogens with two attached hydrogens (primary N) is 1. The summed E-state index contributed by atoms with van der Waals surface area (Å²) in [5.41, 5.74) is 5.31. The number of aliphatic carboxylic acids is 1. The van der Waals surface area contributed by atoms with Gasteiger partial charge in [-0.2, -0.15) is 0 Å². The number of unbranched alkanes of at least 4 members (excludes halogenated alkanes) is 18. The van der Waals surface area contributed by atoms with E-state index in [-0.39, 0.29) is 19.4 Å². The lowest BCUT2D eigenvalue weighted by Gasteiger charge is -2.20. The van der Waals surface area contributed by atoms with E-state index in [9.17, 15) is 23.8 Å². The first kappa shape index (κ1) is 48.0. The minimum atomic E-state index is -4.71. The molecule has 0 aromatic rings. The number of hydrogen-bond acceptors (Lipinski definition) is 9. The Morgan fingerprint density at radius 2 is 1.06 bits per heavy atom. The third-order valence-corrected chi connectivity index (χ3v) is 9.15. The van der Waals surface area contributed by atoms with Gasteiger partial charge in [0.25, 0.3) is 0 Å². The maximum absolute atomic E-state index is 12.6. The molecule has 0 amide bonds. The molecule has 0 fully saturated rings. The molecule has 0 aliphatic rings. The van der Waals surface area contributed by atoms with Crippen molar-refractivity contribution < 1.29 is 47.5 Å². The van der Waals surface area contributed by atoms with Crippen LogP contribution < -0.4 is 5.73 Å². The van der Waals surface area contributed by atoms with Gasteiger partial charge in [-0.25, -0.2) is 4.57 Å². The lowest BCUT2D eigenvalue weighted by atomic mass is 10.1. The monoisotopic (exact) mass is 731 g/mol. The minimum Gasteiger partial charge on any atom is -0.480 e. The third-order valence-electron chi connectivity index (χ3n) is 8.20. The number of phosphoric acid groups is 1. The predicted molar refractivity (Wildman–Crippen MR) is 199 cm³/mol. The molecule has 0 heterocycles. The standard InChI is InChI=1S/C38H70NO10P/c1-3-5-7-9-11-13-15-16-17-18-20-22-24-26-28-30-37(41)49-34(32-47-50(44,45)48-33-35(39)38(42)43)31-46-36(40)29-27-25-23-21-19-14-12-10-8-6-4-2/h11,13,16-17,34-35H,3-10,12,14-15,18-33,39H2,1-2H3,(H,42,43)(H,44,45)/b13-11-,17-16-/t34-,35+/m1/s1. The summed E-state index contributed by atoms with van der Waals surface area (Å²) in [6.45, 7) is 2.74. The summed E-state index contributed by atoms with van der Waals surface area (Å²) in [6, 6.07) is -1.52. The highest BCUT2D eigenvalue weighted by Gasteiger charge is 2.28. The fourth-order valence-corrected chi connectivity index (χ4v) is 5.87. The molecule has 292 valence electrons. The van der Waals surface area contributed by atoms with Crippen LogP contribution in [-0.4, -0.2) is 59.9 Å². The van der Waals surface area contributed by atoms with Crippen LogP contribution in [0.4, 0.5) is 0 Å². The Bertz CT molecular complexity index is 958. The first-order valence-electron chi connectivity index (χ1n) is 19.4. The summed E-state index contributed by atoms with van der Waals surface area (Å²) in [5.74, 6) is -2.39. The summed E-state index contributed by atoms with van der Waals surface area (Å²) in [6.07, 6.45) is 32.4. The average Bonchev–Trinajstić information content (AvgIpc) is 3.09. The molecule has 50 heavy (non-hydrogen) atoms. The van der Waals surface area contributed by atoms with Gasteiger partial charge in [0.1, 0.15) is 12.6 Å². The van der Waals surface area contributed by atoms with Gasteiger partial charge in [-0.3, -0.25) is 23.4 Å². The molecule has 0 aliphatic heterocycles. The number of carboxylic acids is 1. The first-order valence-corrected chi connectivity index (χ1v) is 20.9. The highest BCUT2D eigenvalue weighted by molar-refractivity contribution is 7.47. The van der Waals surface area contributed by atoms with Crippen LogP contribution in [-0.2, 0) is 37.5 Å². The van der Waals surface area contributed by atoms with Gasteiger partial charge in [0.05, 0.1) is 13.2 Å². The van der Waals surface area contributed by atoms with Crippen molar-refractivity contribution in [1.29, 1.82) is 0 Å². The largest absolute Gasteiger partial charge is 0.480 e. The van der Waals surface area contributed by atoms with Crippen LogP contribution in [0.3, 0.4) is 0 Å². The van der Waals surface area contributed by atoms with Crippen molar-refractivity contribution in [3.05, 3.63) is 24.3 Å². The smallest absolute Gasteiger partial charge is 0.472 e. The maximum Gasteiger partial charge on any atom is 0.472 e. The molecular formula is C38H70NO10P. The molecule has 0 aromatic carbocycles. The summed E-state index contributed by atoms with van der Waals surface area (Å²) >= 11 is 0. The molecule has 3 atom stereocenters. The lowest BCUT2D eigenvalue weighted by molar-refractivity contribution is -0.161. The quantitative estimate of drug-likeness (QED) is 0.0242. The fourth-order valence-electron chi connectivity index (χ4n) is 5.09. The minimum absolute atomic E-state index is 0.147. The summed E-state index contributed by atoms with van der Waals surface area (Å²) in [4.78, 5) is 45.7. The van der Waals surface area contributed by atoms with Crippen molar-refractivity contribution in [2.45, 2.75) is 180 Å². The number of hydrogen-bond donors (Lipinski definition) is 3. The summed E-state index contributed by atoms with van der Waals surface area (Å²) < 4.78 is 32.5. The molecule has 1 unspecified atom stereocenters. The Labute approximate surface area is 302 Å². The molecule has 0 saturated carbocycles. The van der Waals surface area contributed by atoms with E-state index < -0.39 is 51.1 Å². The number of carbonyl (C=O) groups is 3. The highest BCUT2D eigenvalue weighted by Crippen LogP contribution is 2.43. The normalized spacial score (nSPS) is 14.2. The number of esters is 2. The molecule has 0 bridgehead atoms. The molecule has 0 spiro atoms. The van der Waals surface area contributed by atoms with Crippen LogP contribution in [0.15, 0.2) is 24.3 Å². The van der Waals surface area contributed by atoms with E-state index in [1.165, 1.54) is 64.2 Å².